The van der Waals surface area contributed by atoms with E-state index in [4.69, 9.17) is 10.2 Å². The fourth-order valence-electron chi connectivity index (χ4n) is 3.90. The molecule has 1 amide bonds. The van der Waals surface area contributed by atoms with Crippen LogP contribution in [0, 0.1) is 6.92 Å². The molecule has 0 radical (unpaired) electrons. The topological polar surface area (TPSA) is 68.3 Å². The maximum atomic E-state index is 12.8. The van der Waals surface area contributed by atoms with E-state index in [9.17, 15) is 4.79 Å². The summed E-state index contributed by atoms with van der Waals surface area (Å²) in [4.78, 5) is 12.8. The molecule has 5 heteroatoms. The number of carbonyl (C=O) groups is 1. The monoisotopic (exact) mass is 358 g/mol. The van der Waals surface area contributed by atoms with Gasteiger partial charge in [0, 0.05) is 22.9 Å². The number of hydrogen-bond donors (Lipinski definition) is 2. The molecule has 3 aromatic rings. The second-order valence-corrected chi connectivity index (χ2v) is 6.87. The SMILES string of the molecule is Cc1c(C(=O)NC2(CN)CCCC2)oc2c1ccc1ccccc12.Cl. The van der Waals surface area contributed by atoms with Crippen molar-refractivity contribution >= 4 is 40.1 Å². The zero-order chi connectivity index (χ0) is 16.7. The van der Waals surface area contributed by atoms with E-state index in [2.05, 4.69) is 11.4 Å². The summed E-state index contributed by atoms with van der Waals surface area (Å²) >= 11 is 0. The zero-order valence-corrected chi connectivity index (χ0v) is 15.1. The molecule has 0 unspecified atom stereocenters. The normalized spacial score (nSPS) is 16.1. The van der Waals surface area contributed by atoms with E-state index in [1.165, 1.54) is 0 Å². The number of aryl methyl sites for hydroxylation is 1. The van der Waals surface area contributed by atoms with Crippen molar-refractivity contribution in [2.45, 2.75) is 38.1 Å². The Balaban J connectivity index is 0.00000182. The minimum Gasteiger partial charge on any atom is -0.450 e. The van der Waals surface area contributed by atoms with Crippen LogP contribution in [0.1, 0.15) is 41.8 Å². The summed E-state index contributed by atoms with van der Waals surface area (Å²) in [5.74, 6) is 0.251. The van der Waals surface area contributed by atoms with Gasteiger partial charge in [0.2, 0.25) is 0 Å². The molecule has 1 aliphatic carbocycles. The van der Waals surface area contributed by atoms with Crippen LogP contribution in [0.5, 0.6) is 0 Å². The van der Waals surface area contributed by atoms with Crippen LogP contribution in [-0.4, -0.2) is 18.0 Å². The van der Waals surface area contributed by atoms with Gasteiger partial charge >= 0.3 is 0 Å². The van der Waals surface area contributed by atoms with Crippen molar-refractivity contribution < 1.29 is 9.21 Å². The van der Waals surface area contributed by atoms with E-state index in [1.54, 1.807) is 0 Å². The second kappa shape index (κ2) is 6.70. The van der Waals surface area contributed by atoms with Crippen LogP contribution in [0.2, 0.25) is 0 Å². The van der Waals surface area contributed by atoms with E-state index >= 15 is 0 Å². The highest BCUT2D eigenvalue weighted by molar-refractivity contribution is 6.09. The summed E-state index contributed by atoms with van der Waals surface area (Å²) in [7, 11) is 0. The third kappa shape index (κ3) is 2.90. The van der Waals surface area contributed by atoms with Crippen molar-refractivity contribution in [3.8, 4) is 0 Å². The summed E-state index contributed by atoms with van der Waals surface area (Å²) < 4.78 is 6.02. The Bertz CT molecular complexity index is 926. The first-order valence-corrected chi connectivity index (χ1v) is 8.57. The Morgan fingerprint density at radius 3 is 2.60 bits per heavy atom. The number of fused-ring (bicyclic) bond motifs is 3. The molecular formula is C20H23ClN2O2. The van der Waals surface area contributed by atoms with Gasteiger partial charge in [-0.2, -0.15) is 0 Å². The molecule has 4 nitrogen and oxygen atoms in total. The van der Waals surface area contributed by atoms with E-state index in [0.717, 1.165) is 53.0 Å². The first-order valence-electron chi connectivity index (χ1n) is 8.57. The average Bonchev–Trinajstić information content (AvgIpc) is 3.20. The molecule has 2 aromatic carbocycles. The first kappa shape index (κ1) is 17.8. The molecule has 0 bridgehead atoms. The van der Waals surface area contributed by atoms with Crippen molar-refractivity contribution in [1.29, 1.82) is 0 Å². The van der Waals surface area contributed by atoms with Crippen LogP contribution in [-0.2, 0) is 0 Å². The Hall–Kier alpha value is -2.04. The van der Waals surface area contributed by atoms with E-state index in [-0.39, 0.29) is 23.9 Å². The summed E-state index contributed by atoms with van der Waals surface area (Å²) in [6.07, 6.45) is 4.11. The van der Waals surface area contributed by atoms with Crippen LogP contribution < -0.4 is 11.1 Å². The summed E-state index contributed by atoms with van der Waals surface area (Å²) in [6.45, 7) is 2.42. The largest absolute Gasteiger partial charge is 0.450 e. The van der Waals surface area contributed by atoms with Gasteiger partial charge in [0.15, 0.2) is 5.76 Å². The van der Waals surface area contributed by atoms with Crippen molar-refractivity contribution in [1.82, 2.24) is 5.32 Å². The molecule has 132 valence electrons. The van der Waals surface area contributed by atoms with E-state index in [1.807, 2.05) is 37.3 Å². The Morgan fingerprint density at radius 1 is 1.16 bits per heavy atom. The molecule has 0 spiro atoms. The predicted octanol–water partition coefficient (Wildman–Crippen LogP) is 4.32. The van der Waals surface area contributed by atoms with Gasteiger partial charge in [-0.15, -0.1) is 12.4 Å². The lowest BCUT2D eigenvalue weighted by Gasteiger charge is -2.28. The molecule has 1 heterocycles. The standard InChI is InChI=1S/C20H22N2O2.ClH/c1-13-15-9-8-14-6-2-3-7-16(14)18(15)24-17(13)19(23)22-20(12-21)10-4-5-11-20;/h2-3,6-9H,4-5,10-12,21H2,1H3,(H,22,23);1H. The van der Waals surface area contributed by atoms with Crippen LogP contribution >= 0.6 is 12.4 Å². The van der Waals surface area contributed by atoms with Gasteiger partial charge < -0.3 is 15.5 Å². The molecule has 0 atom stereocenters. The van der Waals surface area contributed by atoms with Crippen LogP contribution in [0.4, 0.5) is 0 Å². The second-order valence-electron chi connectivity index (χ2n) is 6.87. The minimum atomic E-state index is -0.273. The lowest BCUT2D eigenvalue weighted by Crippen LogP contribution is -2.51. The quantitative estimate of drug-likeness (QED) is 0.732. The van der Waals surface area contributed by atoms with Crippen LogP contribution in [0.25, 0.3) is 21.7 Å². The highest BCUT2D eigenvalue weighted by atomic mass is 35.5. The van der Waals surface area contributed by atoms with Gasteiger partial charge in [-0.3, -0.25) is 4.79 Å². The number of nitrogens with one attached hydrogen (secondary N) is 1. The van der Waals surface area contributed by atoms with Crippen molar-refractivity contribution in [2.75, 3.05) is 6.54 Å². The summed E-state index contributed by atoms with van der Waals surface area (Å²) in [5, 5.41) is 6.29. The number of rotatable bonds is 3. The number of amides is 1. The molecule has 25 heavy (non-hydrogen) atoms. The lowest BCUT2D eigenvalue weighted by molar-refractivity contribution is 0.0876. The Morgan fingerprint density at radius 2 is 1.88 bits per heavy atom. The van der Waals surface area contributed by atoms with Gasteiger partial charge in [0.05, 0.1) is 5.54 Å². The maximum Gasteiger partial charge on any atom is 0.287 e. The van der Waals surface area contributed by atoms with Gasteiger partial charge in [-0.05, 0) is 25.2 Å². The number of hydrogen-bond acceptors (Lipinski definition) is 3. The molecule has 3 N–H and O–H groups in total. The molecule has 1 aromatic heterocycles. The molecule has 1 aliphatic rings. The Kier molecular flexibility index (Phi) is 4.76. The third-order valence-electron chi connectivity index (χ3n) is 5.36. The first-order chi connectivity index (χ1) is 11.6. The molecular weight excluding hydrogens is 336 g/mol. The lowest BCUT2D eigenvalue weighted by atomic mass is 9.97. The minimum absolute atomic E-state index is 0. The smallest absolute Gasteiger partial charge is 0.287 e. The Labute approximate surface area is 153 Å². The van der Waals surface area contributed by atoms with Crippen molar-refractivity contribution in [3.05, 3.63) is 47.7 Å². The highest BCUT2D eigenvalue weighted by Gasteiger charge is 2.35. The molecule has 1 fully saturated rings. The highest BCUT2D eigenvalue weighted by Crippen LogP contribution is 2.33. The number of halogens is 1. The summed E-state index contributed by atoms with van der Waals surface area (Å²) in [5.41, 5.74) is 7.33. The number of furan rings is 1. The van der Waals surface area contributed by atoms with Gasteiger partial charge in [-0.1, -0.05) is 49.2 Å². The fraction of sp³-hybridized carbons (Fsp3) is 0.350. The van der Waals surface area contributed by atoms with Gasteiger partial charge in [0.1, 0.15) is 5.58 Å². The van der Waals surface area contributed by atoms with E-state index < -0.39 is 0 Å². The van der Waals surface area contributed by atoms with Crippen molar-refractivity contribution in [2.24, 2.45) is 5.73 Å². The molecule has 0 saturated heterocycles. The van der Waals surface area contributed by atoms with E-state index in [0.29, 0.717) is 12.3 Å². The number of carbonyl (C=O) groups excluding carboxylic acids is 1. The molecule has 1 saturated carbocycles. The van der Waals surface area contributed by atoms with Gasteiger partial charge in [-0.25, -0.2) is 0 Å². The number of nitrogens with two attached hydrogens (primary N) is 1. The third-order valence-corrected chi connectivity index (χ3v) is 5.36. The zero-order valence-electron chi connectivity index (χ0n) is 14.3. The molecule has 4 rings (SSSR count). The van der Waals surface area contributed by atoms with Crippen LogP contribution in [0.3, 0.4) is 0 Å². The predicted molar refractivity (Wildman–Crippen MR) is 103 cm³/mol. The summed E-state index contributed by atoms with van der Waals surface area (Å²) in [6, 6.07) is 12.2. The van der Waals surface area contributed by atoms with Crippen LogP contribution in [0.15, 0.2) is 40.8 Å². The fourth-order valence-corrected chi connectivity index (χ4v) is 3.90. The van der Waals surface area contributed by atoms with Crippen molar-refractivity contribution in [3.63, 3.8) is 0 Å². The number of benzene rings is 2. The average molecular weight is 359 g/mol. The maximum absolute atomic E-state index is 12.8. The van der Waals surface area contributed by atoms with Gasteiger partial charge in [0.25, 0.3) is 5.91 Å². The molecule has 0 aliphatic heterocycles.